The van der Waals surface area contributed by atoms with E-state index in [1.54, 1.807) is 30.1 Å². The Morgan fingerprint density at radius 1 is 1.27 bits per heavy atom. The van der Waals surface area contributed by atoms with Crippen molar-refractivity contribution >= 4 is 29.2 Å². The molecule has 3 rings (SSSR count). The van der Waals surface area contributed by atoms with Gasteiger partial charge in [-0.05, 0) is 44.0 Å². The molecule has 1 aromatic heterocycles. The average molecular weight is 356 g/mol. The maximum Gasteiger partial charge on any atom is 0.331 e. The highest BCUT2D eigenvalue weighted by Gasteiger charge is 2.30. The Hall–Kier alpha value is -3.16. The van der Waals surface area contributed by atoms with Gasteiger partial charge in [0.2, 0.25) is 5.91 Å². The molecule has 26 heavy (non-hydrogen) atoms. The molecule has 1 aliphatic rings. The van der Waals surface area contributed by atoms with Crippen LogP contribution in [-0.4, -0.2) is 39.7 Å². The molecule has 0 atom stereocenters. The van der Waals surface area contributed by atoms with Crippen molar-refractivity contribution in [3.8, 4) is 0 Å². The lowest BCUT2D eigenvalue weighted by Gasteiger charge is -2.26. The molecule has 1 aromatic carbocycles. The zero-order valence-electron chi connectivity index (χ0n) is 14.8. The van der Waals surface area contributed by atoms with Crippen LogP contribution in [0.25, 0.3) is 0 Å². The number of anilines is 2. The van der Waals surface area contributed by atoms with Crippen LogP contribution in [0.1, 0.15) is 36.2 Å². The van der Waals surface area contributed by atoms with Crippen molar-refractivity contribution in [2.45, 2.75) is 32.2 Å². The molecule has 136 valence electrons. The lowest BCUT2D eigenvalue weighted by atomic mass is 9.99. The highest BCUT2D eigenvalue weighted by Crippen LogP contribution is 2.28. The van der Waals surface area contributed by atoms with Crippen molar-refractivity contribution < 1.29 is 19.5 Å². The van der Waals surface area contributed by atoms with Crippen molar-refractivity contribution in [3.05, 3.63) is 41.7 Å². The van der Waals surface area contributed by atoms with E-state index in [0.717, 1.165) is 11.3 Å². The summed E-state index contributed by atoms with van der Waals surface area (Å²) in [5.41, 5.74) is 1.42. The van der Waals surface area contributed by atoms with Gasteiger partial charge < -0.3 is 15.3 Å². The number of nitrogens with one attached hydrogen (secondary N) is 1. The van der Waals surface area contributed by atoms with Crippen molar-refractivity contribution in [1.29, 1.82) is 0 Å². The van der Waals surface area contributed by atoms with E-state index in [9.17, 15) is 19.5 Å². The number of carboxylic acid groups (broad SMARTS) is 1. The van der Waals surface area contributed by atoms with Gasteiger partial charge in [0.15, 0.2) is 5.54 Å². The summed E-state index contributed by atoms with van der Waals surface area (Å²) >= 11 is 0. The number of rotatable bonds is 4. The van der Waals surface area contributed by atoms with Crippen LogP contribution >= 0.6 is 0 Å². The monoisotopic (exact) mass is 356 g/mol. The number of carbonyl (C=O) groups is 3. The van der Waals surface area contributed by atoms with Gasteiger partial charge in [0, 0.05) is 30.9 Å². The van der Waals surface area contributed by atoms with E-state index in [-0.39, 0.29) is 11.8 Å². The Labute approximate surface area is 150 Å². The van der Waals surface area contributed by atoms with Crippen molar-refractivity contribution in [2.24, 2.45) is 0 Å². The Kier molecular flexibility index (Phi) is 4.27. The topological polar surface area (TPSA) is 105 Å². The van der Waals surface area contributed by atoms with E-state index in [1.165, 1.54) is 30.9 Å². The number of nitrogens with zero attached hydrogens (tertiary/aromatic N) is 3. The second kappa shape index (κ2) is 6.29. The molecule has 2 aromatic rings. The molecule has 1 aliphatic heterocycles. The fourth-order valence-corrected chi connectivity index (χ4v) is 2.79. The Morgan fingerprint density at radius 2 is 2.00 bits per heavy atom. The third kappa shape index (κ3) is 3.05. The number of carbonyl (C=O) groups excluding carboxylic acids is 2. The maximum atomic E-state index is 12.5. The molecule has 0 radical (unpaired) electrons. The van der Waals surface area contributed by atoms with Gasteiger partial charge in [0.25, 0.3) is 5.91 Å². The van der Waals surface area contributed by atoms with E-state index >= 15 is 0 Å². The van der Waals surface area contributed by atoms with Gasteiger partial charge in [0.1, 0.15) is 0 Å². The SMILES string of the molecule is CN1C(=O)CCc2cc(C(=O)Nc3cnn(C(C)(C)C(=O)O)c3)ccc21. The van der Waals surface area contributed by atoms with Crippen LogP contribution in [0.5, 0.6) is 0 Å². The molecule has 0 fully saturated rings. The molecule has 0 bridgehead atoms. The predicted octanol–water partition coefficient (Wildman–Crippen LogP) is 1.86. The van der Waals surface area contributed by atoms with E-state index in [4.69, 9.17) is 0 Å². The number of amides is 2. The van der Waals surface area contributed by atoms with Gasteiger partial charge in [-0.2, -0.15) is 5.10 Å². The minimum atomic E-state index is -1.22. The van der Waals surface area contributed by atoms with Crippen LogP contribution in [0.3, 0.4) is 0 Å². The van der Waals surface area contributed by atoms with Gasteiger partial charge in [-0.3, -0.25) is 14.3 Å². The van der Waals surface area contributed by atoms with Crippen LogP contribution < -0.4 is 10.2 Å². The lowest BCUT2D eigenvalue weighted by Crippen LogP contribution is -2.35. The first kappa shape index (κ1) is 17.7. The number of benzene rings is 1. The molecule has 0 unspecified atom stereocenters. The molecule has 8 heteroatoms. The minimum absolute atomic E-state index is 0.0585. The second-order valence-electron chi connectivity index (χ2n) is 6.79. The zero-order valence-corrected chi connectivity index (χ0v) is 14.8. The van der Waals surface area contributed by atoms with Crippen molar-refractivity contribution in [3.63, 3.8) is 0 Å². The van der Waals surface area contributed by atoms with Gasteiger partial charge in [0.05, 0.1) is 11.9 Å². The fraction of sp³-hybridized carbons (Fsp3) is 0.333. The molecule has 0 saturated carbocycles. The number of fused-ring (bicyclic) bond motifs is 1. The summed E-state index contributed by atoms with van der Waals surface area (Å²) in [6, 6.07) is 5.20. The third-order valence-electron chi connectivity index (χ3n) is 4.62. The molecule has 2 heterocycles. The number of aliphatic carboxylic acids is 1. The van der Waals surface area contributed by atoms with Crippen LogP contribution in [0.15, 0.2) is 30.6 Å². The summed E-state index contributed by atoms with van der Waals surface area (Å²) in [5, 5.41) is 16.0. The van der Waals surface area contributed by atoms with Gasteiger partial charge in [-0.15, -0.1) is 0 Å². The fourth-order valence-electron chi connectivity index (χ4n) is 2.79. The maximum absolute atomic E-state index is 12.5. The Balaban J connectivity index is 1.78. The summed E-state index contributed by atoms with van der Waals surface area (Å²) in [4.78, 5) is 37.1. The van der Waals surface area contributed by atoms with Gasteiger partial charge in [-0.1, -0.05) is 0 Å². The second-order valence-corrected chi connectivity index (χ2v) is 6.79. The molecule has 2 N–H and O–H groups in total. The molecule has 0 spiro atoms. The minimum Gasteiger partial charge on any atom is -0.479 e. The van der Waals surface area contributed by atoms with Crippen LogP contribution in [0, 0.1) is 0 Å². The molecular weight excluding hydrogens is 336 g/mol. The largest absolute Gasteiger partial charge is 0.479 e. The van der Waals surface area contributed by atoms with Crippen molar-refractivity contribution in [2.75, 3.05) is 17.3 Å². The number of hydrogen-bond donors (Lipinski definition) is 2. The van der Waals surface area contributed by atoms with E-state index in [0.29, 0.717) is 24.1 Å². The highest BCUT2D eigenvalue weighted by atomic mass is 16.4. The van der Waals surface area contributed by atoms with Gasteiger partial charge >= 0.3 is 5.97 Å². The number of aryl methyl sites for hydroxylation is 1. The zero-order chi connectivity index (χ0) is 19.1. The molecule has 0 saturated heterocycles. The van der Waals surface area contributed by atoms with E-state index in [1.807, 2.05) is 0 Å². The molecule has 0 aliphatic carbocycles. The summed E-state index contributed by atoms with van der Waals surface area (Å²) in [6.45, 7) is 3.05. The number of carboxylic acids is 1. The quantitative estimate of drug-likeness (QED) is 0.870. The third-order valence-corrected chi connectivity index (χ3v) is 4.62. The first-order valence-electron chi connectivity index (χ1n) is 8.19. The summed E-state index contributed by atoms with van der Waals surface area (Å²) < 4.78 is 1.29. The van der Waals surface area contributed by atoms with E-state index in [2.05, 4.69) is 10.4 Å². The number of hydrogen-bond acceptors (Lipinski definition) is 4. The van der Waals surface area contributed by atoms with Gasteiger partial charge in [-0.25, -0.2) is 4.79 Å². The van der Waals surface area contributed by atoms with Crippen LogP contribution in [0.4, 0.5) is 11.4 Å². The first-order chi connectivity index (χ1) is 12.2. The summed E-state index contributed by atoms with van der Waals surface area (Å²) in [5.74, 6) is -1.28. The highest BCUT2D eigenvalue weighted by molar-refractivity contribution is 6.05. The summed E-state index contributed by atoms with van der Waals surface area (Å²) in [7, 11) is 1.72. The standard InChI is InChI=1S/C18H20N4O4/c1-18(2,17(25)26)22-10-13(9-19-22)20-16(24)12-4-6-14-11(8-12)5-7-15(23)21(14)3/h4,6,8-10H,5,7H2,1-3H3,(H,20,24)(H,25,26). The Bertz CT molecular complexity index is 900. The van der Waals surface area contributed by atoms with E-state index < -0.39 is 11.5 Å². The molecular formula is C18H20N4O4. The van der Waals surface area contributed by atoms with Crippen LogP contribution in [-0.2, 0) is 21.5 Å². The number of aromatic nitrogens is 2. The molecule has 2 amide bonds. The Morgan fingerprint density at radius 3 is 2.69 bits per heavy atom. The van der Waals surface area contributed by atoms with Crippen molar-refractivity contribution in [1.82, 2.24) is 9.78 Å². The lowest BCUT2D eigenvalue weighted by molar-refractivity contribution is -0.146. The average Bonchev–Trinajstić information content (AvgIpc) is 3.07. The first-order valence-corrected chi connectivity index (χ1v) is 8.19. The van der Waals surface area contributed by atoms with Crippen LogP contribution in [0.2, 0.25) is 0 Å². The summed E-state index contributed by atoms with van der Waals surface area (Å²) in [6.07, 6.45) is 3.92. The smallest absolute Gasteiger partial charge is 0.331 e. The predicted molar refractivity (Wildman–Crippen MR) is 95.3 cm³/mol. The molecule has 8 nitrogen and oxygen atoms in total. The normalized spacial score (nSPS) is 14.1.